The molecule has 0 saturated carbocycles. The molecule has 0 amide bonds. The third-order valence-corrected chi connectivity index (χ3v) is 14.0. The van der Waals surface area contributed by atoms with Gasteiger partial charge in [-0.05, 0) is 108 Å². The molecule has 14 aromatic rings. The molecule has 0 atom stereocenters. The first-order valence-electron chi connectivity index (χ1n) is 22.8. The number of fused-ring (bicyclic) bond motifs is 12. The van der Waals surface area contributed by atoms with Gasteiger partial charge in [-0.15, -0.1) is 0 Å². The van der Waals surface area contributed by atoms with Gasteiger partial charge < -0.3 is 18.3 Å². The average molecular weight is 865 g/mol. The fourth-order valence-electron chi connectivity index (χ4n) is 11.1. The van der Waals surface area contributed by atoms with Crippen molar-refractivity contribution in [1.82, 2.24) is 18.3 Å². The summed E-state index contributed by atoms with van der Waals surface area (Å²) >= 11 is 0. The van der Waals surface area contributed by atoms with Crippen LogP contribution in [0.25, 0.3) is 121 Å². The molecule has 0 aliphatic heterocycles. The molecule has 6 heteroatoms. The summed E-state index contributed by atoms with van der Waals surface area (Å²) in [4.78, 5) is 0. The Balaban J connectivity index is 0.934. The van der Waals surface area contributed by atoms with Crippen LogP contribution in [0.2, 0.25) is 0 Å². The van der Waals surface area contributed by atoms with Crippen LogP contribution in [0, 0.1) is 22.7 Å². The van der Waals surface area contributed by atoms with E-state index < -0.39 is 0 Å². The quantitative estimate of drug-likeness (QED) is 0.173. The molecule has 0 spiro atoms. The summed E-state index contributed by atoms with van der Waals surface area (Å²) in [6.45, 7) is 0. The van der Waals surface area contributed by atoms with Crippen LogP contribution in [-0.2, 0) is 0 Å². The summed E-state index contributed by atoms with van der Waals surface area (Å²) in [5.74, 6) is 0. The highest BCUT2D eigenvalue weighted by molar-refractivity contribution is 6.20. The van der Waals surface area contributed by atoms with Gasteiger partial charge in [-0.1, -0.05) is 121 Å². The highest BCUT2D eigenvalue weighted by atomic mass is 15.0. The Bertz CT molecular complexity index is 4510. The number of benzene rings is 10. The van der Waals surface area contributed by atoms with Gasteiger partial charge in [0.15, 0.2) is 0 Å². The van der Waals surface area contributed by atoms with Crippen molar-refractivity contribution in [2.75, 3.05) is 0 Å². The largest absolute Gasteiger partial charge is 0.309 e. The molecule has 0 radical (unpaired) electrons. The van der Waals surface area contributed by atoms with E-state index in [9.17, 15) is 10.5 Å². The van der Waals surface area contributed by atoms with Crippen LogP contribution in [0.3, 0.4) is 0 Å². The minimum Gasteiger partial charge on any atom is -0.309 e. The minimum absolute atomic E-state index is 0.517. The fourth-order valence-corrected chi connectivity index (χ4v) is 11.1. The molecule has 314 valence electrons. The summed E-state index contributed by atoms with van der Waals surface area (Å²) in [6, 6.07) is 81.6. The van der Waals surface area contributed by atoms with Gasteiger partial charge in [0.1, 0.15) is 6.07 Å². The second kappa shape index (κ2) is 14.4. The SMILES string of the molecule is N#Cc1cc(-n2c3ccccc3c3cc4c(cc32)c2ccccc2n4-c2ccccc2)ccc1-c1ccc(-n2c3ccccc3c3cc4c5ccccc5n(-c5ccccc5)c4cc32)c(C#N)c1. The standard InChI is InChI=1S/C62H36N6/c63-37-40-32-44(67-57-25-13-9-22-49(57)53-34-59-52(35-60(53)67)48-21-8-12-24-56(48)65(59)42-15-3-1-4-16-42)28-29-45(40)39-27-30-54(41(31-39)38-64)68-58-26-14-10-20-47(58)51-33-50-46-19-7-11-23-55(46)66(61(50)36-62(51)68)43-17-5-2-6-18-43/h1-36H. The lowest BCUT2D eigenvalue weighted by atomic mass is 9.97. The van der Waals surface area contributed by atoms with Crippen molar-refractivity contribution in [3.05, 3.63) is 230 Å². The first-order chi connectivity index (χ1) is 33.7. The maximum absolute atomic E-state index is 11.0. The molecule has 4 heterocycles. The summed E-state index contributed by atoms with van der Waals surface area (Å²) in [7, 11) is 0. The number of rotatable bonds is 5. The lowest BCUT2D eigenvalue weighted by molar-refractivity contribution is 1.16. The molecule has 0 aliphatic rings. The van der Waals surface area contributed by atoms with Gasteiger partial charge in [-0.2, -0.15) is 10.5 Å². The molecule has 10 aromatic carbocycles. The zero-order chi connectivity index (χ0) is 45.0. The third-order valence-electron chi connectivity index (χ3n) is 14.0. The fraction of sp³-hybridized carbons (Fsp3) is 0. The van der Waals surface area contributed by atoms with Crippen LogP contribution < -0.4 is 0 Å². The van der Waals surface area contributed by atoms with Crippen molar-refractivity contribution in [3.8, 4) is 46.0 Å². The summed E-state index contributed by atoms with van der Waals surface area (Å²) in [5.41, 5.74) is 15.2. The van der Waals surface area contributed by atoms with Gasteiger partial charge in [0.05, 0.1) is 67.0 Å². The Kier molecular flexibility index (Phi) is 8.01. The van der Waals surface area contributed by atoms with Crippen molar-refractivity contribution >= 4 is 87.2 Å². The van der Waals surface area contributed by atoms with Crippen LogP contribution in [0.5, 0.6) is 0 Å². The Morgan fingerprint density at radius 1 is 0.265 bits per heavy atom. The number of nitrogens with zero attached hydrogens (tertiary/aromatic N) is 6. The summed E-state index contributed by atoms with van der Waals surface area (Å²) in [5, 5.41) is 31.0. The number of hydrogen-bond acceptors (Lipinski definition) is 2. The van der Waals surface area contributed by atoms with Gasteiger partial charge in [-0.3, -0.25) is 0 Å². The summed E-state index contributed by atoms with van der Waals surface area (Å²) in [6.07, 6.45) is 0. The molecule has 0 unspecified atom stereocenters. The highest BCUT2D eigenvalue weighted by Crippen LogP contribution is 2.43. The smallest absolute Gasteiger partial charge is 0.101 e. The molecule has 0 N–H and O–H groups in total. The van der Waals surface area contributed by atoms with Gasteiger partial charge in [0, 0.05) is 60.2 Å². The molecule has 6 nitrogen and oxygen atoms in total. The van der Waals surface area contributed by atoms with Gasteiger partial charge in [-0.25, -0.2) is 0 Å². The van der Waals surface area contributed by atoms with Crippen molar-refractivity contribution < 1.29 is 0 Å². The Hall–Kier alpha value is -9.62. The molecule has 0 saturated heterocycles. The van der Waals surface area contributed by atoms with E-state index in [0.29, 0.717) is 11.1 Å². The third kappa shape index (κ3) is 5.31. The lowest BCUT2D eigenvalue weighted by Gasteiger charge is -2.14. The average Bonchev–Trinajstić information content (AvgIpc) is 4.12. The number of aromatic nitrogens is 4. The van der Waals surface area contributed by atoms with E-state index in [0.717, 1.165) is 105 Å². The predicted octanol–water partition coefficient (Wildman–Crippen LogP) is 15.5. The van der Waals surface area contributed by atoms with Crippen LogP contribution in [0.4, 0.5) is 0 Å². The van der Waals surface area contributed by atoms with Crippen LogP contribution >= 0.6 is 0 Å². The molecule has 0 bridgehead atoms. The number of hydrogen-bond donors (Lipinski definition) is 0. The molecule has 0 fully saturated rings. The number of nitriles is 2. The van der Waals surface area contributed by atoms with Crippen molar-refractivity contribution in [3.63, 3.8) is 0 Å². The number of para-hydroxylation sites is 6. The molecule has 14 rings (SSSR count). The maximum atomic E-state index is 11.0. The maximum Gasteiger partial charge on any atom is 0.101 e. The van der Waals surface area contributed by atoms with Gasteiger partial charge in [0.2, 0.25) is 0 Å². The van der Waals surface area contributed by atoms with E-state index in [1.165, 1.54) is 16.2 Å². The second-order valence-corrected chi connectivity index (χ2v) is 17.5. The molecule has 4 aromatic heterocycles. The molecular weight excluding hydrogens is 829 g/mol. The zero-order valence-electron chi connectivity index (χ0n) is 36.5. The Morgan fingerprint density at radius 3 is 1.18 bits per heavy atom. The van der Waals surface area contributed by atoms with Crippen molar-refractivity contribution in [2.24, 2.45) is 0 Å². The van der Waals surface area contributed by atoms with E-state index >= 15 is 0 Å². The predicted molar refractivity (Wildman–Crippen MR) is 279 cm³/mol. The first-order valence-corrected chi connectivity index (χ1v) is 22.8. The molecule has 68 heavy (non-hydrogen) atoms. The normalized spacial score (nSPS) is 11.8. The second-order valence-electron chi connectivity index (χ2n) is 17.5. The molecular formula is C62H36N6. The first kappa shape index (κ1) is 37.7. The van der Waals surface area contributed by atoms with E-state index in [4.69, 9.17) is 0 Å². The van der Waals surface area contributed by atoms with Gasteiger partial charge in [0.25, 0.3) is 0 Å². The van der Waals surface area contributed by atoms with Crippen LogP contribution in [0.1, 0.15) is 11.1 Å². The minimum atomic E-state index is 0.517. The Labute approximate surface area is 389 Å². The van der Waals surface area contributed by atoms with Crippen molar-refractivity contribution in [2.45, 2.75) is 0 Å². The topological polar surface area (TPSA) is 67.3 Å². The highest BCUT2D eigenvalue weighted by Gasteiger charge is 2.22. The Morgan fingerprint density at radius 2 is 0.676 bits per heavy atom. The lowest BCUT2D eigenvalue weighted by Crippen LogP contribution is -2.00. The monoisotopic (exact) mass is 864 g/mol. The van der Waals surface area contributed by atoms with E-state index in [2.05, 4.69) is 212 Å². The van der Waals surface area contributed by atoms with Crippen LogP contribution in [-0.4, -0.2) is 18.3 Å². The zero-order valence-corrected chi connectivity index (χ0v) is 36.5. The van der Waals surface area contributed by atoms with Gasteiger partial charge >= 0.3 is 0 Å². The molecule has 0 aliphatic carbocycles. The van der Waals surface area contributed by atoms with E-state index in [1.54, 1.807) is 0 Å². The van der Waals surface area contributed by atoms with Crippen LogP contribution in [0.15, 0.2) is 218 Å². The van der Waals surface area contributed by atoms with E-state index in [-0.39, 0.29) is 0 Å². The van der Waals surface area contributed by atoms with Crippen molar-refractivity contribution in [1.29, 1.82) is 10.5 Å². The van der Waals surface area contributed by atoms with E-state index in [1.807, 2.05) is 36.4 Å². The summed E-state index contributed by atoms with van der Waals surface area (Å²) < 4.78 is 9.19.